The van der Waals surface area contributed by atoms with E-state index in [2.05, 4.69) is 57.4 Å². The molecule has 0 saturated carbocycles. The number of hydrogen-bond donors (Lipinski definition) is 1. The second kappa shape index (κ2) is 7.44. The van der Waals surface area contributed by atoms with E-state index in [0.29, 0.717) is 0 Å². The summed E-state index contributed by atoms with van der Waals surface area (Å²) in [4.78, 5) is 11.5. The van der Waals surface area contributed by atoms with E-state index in [-0.39, 0.29) is 0 Å². The first-order chi connectivity index (χ1) is 11.3. The predicted molar refractivity (Wildman–Crippen MR) is 96.0 cm³/mol. The second-order valence-corrected chi connectivity index (χ2v) is 6.18. The Morgan fingerprint density at radius 3 is 2.65 bits per heavy atom. The summed E-state index contributed by atoms with van der Waals surface area (Å²) in [5, 5.41) is 3.48. The number of hydrogen-bond acceptors (Lipinski definition) is 4. The number of aromatic nitrogens is 2. The molecule has 1 fully saturated rings. The molecule has 4 heteroatoms. The molecule has 2 aromatic rings. The van der Waals surface area contributed by atoms with Crippen LogP contribution in [0, 0.1) is 6.92 Å². The molecule has 0 amide bonds. The number of anilines is 2. The Morgan fingerprint density at radius 2 is 1.87 bits per heavy atom. The number of para-hydroxylation sites is 1. The number of piperidine rings is 1. The van der Waals surface area contributed by atoms with E-state index in [4.69, 9.17) is 0 Å². The highest BCUT2D eigenvalue weighted by Gasteiger charge is 2.14. The smallest absolute Gasteiger partial charge is 0.130 e. The Balaban J connectivity index is 1.74. The highest BCUT2D eigenvalue weighted by molar-refractivity contribution is 5.55. The van der Waals surface area contributed by atoms with Gasteiger partial charge in [0.15, 0.2) is 0 Å². The third-order valence-electron chi connectivity index (χ3n) is 4.40. The molecule has 1 aromatic heterocycles. The van der Waals surface area contributed by atoms with Gasteiger partial charge in [0.1, 0.15) is 11.6 Å². The quantitative estimate of drug-likeness (QED) is 0.908. The number of nitrogens with one attached hydrogen (secondary N) is 1. The lowest BCUT2D eigenvalue weighted by Crippen LogP contribution is -2.30. The van der Waals surface area contributed by atoms with Crippen LogP contribution in [0.4, 0.5) is 11.5 Å². The van der Waals surface area contributed by atoms with Crippen LogP contribution in [0.25, 0.3) is 0 Å². The molecule has 1 aliphatic rings. The van der Waals surface area contributed by atoms with Gasteiger partial charge in [0.25, 0.3) is 0 Å². The summed E-state index contributed by atoms with van der Waals surface area (Å²) >= 11 is 0. The summed E-state index contributed by atoms with van der Waals surface area (Å²) in [5.74, 6) is 1.75. The summed E-state index contributed by atoms with van der Waals surface area (Å²) in [6, 6.07) is 10.8. The van der Waals surface area contributed by atoms with Crippen molar-refractivity contribution in [1.82, 2.24) is 9.97 Å². The van der Waals surface area contributed by atoms with Crippen LogP contribution in [0.15, 0.2) is 30.3 Å². The predicted octanol–water partition coefficient (Wildman–Crippen LogP) is 3.95. The van der Waals surface area contributed by atoms with E-state index in [9.17, 15) is 0 Å². The summed E-state index contributed by atoms with van der Waals surface area (Å²) in [6.45, 7) is 7.21. The van der Waals surface area contributed by atoms with Crippen molar-refractivity contribution in [2.24, 2.45) is 0 Å². The summed E-state index contributed by atoms with van der Waals surface area (Å²) in [5.41, 5.74) is 3.79. The van der Waals surface area contributed by atoms with Gasteiger partial charge in [-0.25, -0.2) is 9.97 Å². The van der Waals surface area contributed by atoms with Gasteiger partial charge in [0.2, 0.25) is 0 Å². The molecule has 0 aliphatic carbocycles. The summed E-state index contributed by atoms with van der Waals surface area (Å²) < 4.78 is 0. The number of aryl methyl sites for hydroxylation is 2. The highest BCUT2D eigenvalue weighted by Crippen LogP contribution is 2.24. The molecular formula is C19H26N4. The van der Waals surface area contributed by atoms with E-state index in [0.717, 1.165) is 30.3 Å². The molecule has 3 rings (SSSR count). The molecule has 122 valence electrons. The Morgan fingerprint density at radius 1 is 1.09 bits per heavy atom. The van der Waals surface area contributed by atoms with Crippen LogP contribution in [-0.2, 0) is 13.0 Å². The van der Waals surface area contributed by atoms with E-state index in [1.165, 1.54) is 43.6 Å². The van der Waals surface area contributed by atoms with Crippen molar-refractivity contribution in [2.75, 3.05) is 23.3 Å². The average molecular weight is 310 g/mol. The van der Waals surface area contributed by atoms with E-state index in [1.807, 2.05) is 6.92 Å². The van der Waals surface area contributed by atoms with Crippen molar-refractivity contribution in [1.29, 1.82) is 0 Å². The molecule has 1 aliphatic heterocycles. The first-order valence-electron chi connectivity index (χ1n) is 8.67. The Kier molecular flexibility index (Phi) is 5.11. The third kappa shape index (κ3) is 4.01. The van der Waals surface area contributed by atoms with Crippen LogP contribution >= 0.6 is 0 Å². The summed E-state index contributed by atoms with van der Waals surface area (Å²) in [6.07, 6.45) is 4.89. The van der Waals surface area contributed by atoms with Crippen LogP contribution in [0.5, 0.6) is 0 Å². The lowest BCUT2D eigenvalue weighted by Gasteiger charge is -2.30. The van der Waals surface area contributed by atoms with Crippen molar-refractivity contribution >= 4 is 11.5 Å². The van der Waals surface area contributed by atoms with Crippen LogP contribution in [0.1, 0.15) is 43.3 Å². The third-order valence-corrected chi connectivity index (χ3v) is 4.40. The lowest BCUT2D eigenvalue weighted by molar-refractivity contribution is 0.576. The molecule has 0 spiro atoms. The minimum absolute atomic E-state index is 0.798. The molecule has 1 saturated heterocycles. The maximum Gasteiger partial charge on any atom is 0.130 e. The van der Waals surface area contributed by atoms with Crippen molar-refractivity contribution in [3.63, 3.8) is 0 Å². The zero-order chi connectivity index (χ0) is 16.1. The minimum Gasteiger partial charge on any atom is -0.371 e. The molecule has 23 heavy (non-hydrogen) atoms. The monoisotopic (exact) mass is 310 g/mol. The molecular weight excluding hydrogens is 284 g/mol. The van der Waals surface area contributed by atoms with E-state index in [1.54, 1.807) is 0 Å². The number of nitrogens with zero attached hydrogens (tertiary/aromatic N) is 3. The van der Waals surface area contributed by atoms with Gasteiger partial charge in [-0.2, -0.15) is 0 Å². The fraction of sp³-hybridized carbons (Fsp3) is 0.474. The van der Waals surface area contributed by atoms with Crippen molar-refractivity contribution in [3.05, 3.63) is 47.4 Å². The molecule has 0 unspecified atom stereocenters. The number of rotatable bonds is 5. The van der Waals surface area contributed by atoms with Gasteiger partial charge in [0, 0.05) is 37.1 Å². The van der Waals surface area contributed by atoms with Crippen molar-refractivity contribution < 1.29 is 0 Å². The molecule has 1 aromatic carbocycles. The minimum atomic E-state index is 0.798. The van der Waals surface area contributed by atoms with E-state index < -0.39 is 0 Å². The van der Waals surface area contributed by atoms with Crippen molar-refractivity contribution in [2.45, 2.75) is 46.1 Å². The Labute approximate surface area is 139 Å². The SMILES string of the molecule is CCc1cc(NCc2ccccc2N2CCCCC2)nc(C)n1. The maximum atomic E-state index is 4.50. The fourth-order valence-electron chi connectivity index (χ4n) is 3.19. The molecule has 1 N–H and O–H groups in total. The van der Waals surface area contributed by atoms with Crippen LogP contribution in [-0.4, -0.2) is 23.1 Å². The van der Waals surface area contributed by atoms with Gasteiger partial charge in [-0.3, -0.25) is 0 Å². The van der Waals surface area contributed by atoms with Gasteiger partial charge in [-0.1, -0.05) is 25.1 Å². The Hall–Kier alpha value is -2.10. The zero-order valence-electron chi connectivity index (χ0n) is 14.2. The first-order valence-corrected chi connectivity index (χ1v) is 8.67. The van der Waals surface area contributed by atoms with E-state index >= 15 is 0 Å². The molecule has 0 atom stereocenters. The van der Waals surface area contributed by atoms with Gasteiger partial charge in [0.05, 0.1) is 0 Å². The average Bonchev–Trinajstić information content (AvgIpc) is 2.60. The zero-order valence-corrected chi connectivity index (χ0v) is 14.2. The highest BCUT2D eigenvalue weighted by atomic mass is 15.1. The van der Waals surface area contributed by atoms with Gasteiger partial charge < -0.3 is 10.2 Å². The van der Waals surface area contributed by atoms with Crippen LogP contribution in [0.3, 0.4) is 0 Å². The van der Waals surface area contributed by atoms with Gasteiger partial charge in [-0.05, 0) is 44.2 Å². The summed E-state index contributed by atoms with van der Waals surface area (Å²) in [7, 11) is 0. The maximum absolute atomic E-state index is 4.50. The van der Waals surface area contributed by atoms with Crippen molar-refractivity contribution in [3.8, 4) is 0 Å². The second-order valence-electron chi connectivity index (χ2n) is 6.18. The normalized spacial score (nSPS) is 14.8. The van der Waals surface area contributed by atoms with Crippen LogP contribution in [0.2, 0.25) is 0 Å². The van der Waals surface area contributed by atoms with Gasteiger partial charge >= 0.3 is 0 Å². The number of benzene rings is 1. The van der Waals surface area contributed by atoms with Crippen LogP contribution < -0.4 is 10.2 Å². The molecule has 0 bridgehead atoms. The van der Waals surface area contributed by atoms with Gasteiger partial charge in [-0.15, -0.1) is 0 Å². The lowest BCUT2D eigenvalue weighted by atomic mass is 10.1. The molecule has 2 heterocycles. The largest absolute Gasteiger partial charge is 0.371 e. The molecule has 0 radical (unpaired) electrons. The topological polar surface area (TPSA) is 41.0 Å². The standard InChI is InChI=1S/C19H26N4/c1-3-17-13-19(22-15(2)21-17)20-14-16-9-5-6-10-18(16)23-11-7-4-8-12-23/h5-6,9-10,13H,3-4,7-8,11-12,14H2,1-2H3,(H,20,21,22). The Bertz CT molecular complexity index is 648. The fourth-order valence-corrected chi connectivity index (χ4v) is 3.19. The first kappa shape index (κ1) is 15.8. The molecule has 4 nitrogen and oxygen atoms in total.